The van der Waals surface area contributed by atoms with E-state index in [1.54, 1.807) is 24.4 Å². The standard InChI is InChI=1S/C25H23F3N4.C6H6O3S/c1-15-21(17-8-7-16-6-5-13-29-20(16)14-17)31-23(24(2,3)4)32-22(15)30-19-11-9-18(10-12-19)25(26,27)28;7-10(8,9)6-4-2-1-3-5-6/h5-14H,1-4H3,(H,30,31,32);1-5H,(H,7,8,9). The van der Waals surface area contributed by atoms with Gasteiger partial charge in [0.1, 0.15) is 11.6 Å². The van der Waals surface area contributed by atoms with Crippen molar-refractivity contribution in [2.45, 2.75) is 44.2 Å². The third-order valence-electron chi connectivity index (χ3n) is 6.21. The summed E-state index contributed by atoms with van der Waals surface area (Å²) < 4.78 is 67.9. The lowest BCUT2D eigenvalue weighted by Crippen LogP contribution is -2.18. The number of alkyl halides is 3. The Bertz CT molecular complexity index is 1800. The fourth-order valence-corrected chi connectivity index (χ4v) is 4.44. The zero-order chi connectivity index (χ0) is 30.7. The number of halogens is 3. The SMILES string of the molecule is Cc1c(Nc2ccc(C(F)(F)F)cc2)nc(C(C)(C)C)nc1-c1ccc2cccnc2c1.O=S(=O)(O)c1ccccc1. The van der Waals surface area contributed by atoms with Crippen molar-refractivity contribution < 1.29 is 26.1 Å². The fraction of sp³-hybridized carbons (Fsp3) is 0.194. The molecule has 0 spiro atoms. The van der Waals surface area contributed by atoms with Gasteiger partial charge in [0, 0.05) is 33.8 Å². The van der Waals surface area contributed by atoms with E-state index in [1.165, 1.54) is 24.3 Å². The van der Waals surface area contributed by atoms with Gasteiger partial charge in [-0.25, -0.2) is 9.97 Å². The van der Waals surface area contributed by atoms with E-state index in [0.29, 0.717) is 17.3 Å². The molecule has 2 heterocycles. The number of anilines is 2. The van der Waals surface area contributed by atoms with Gasteiger partial charge in [-0.15, -0.1) is 0 Å². The maximum absolute atomic E-state index is 12.9. The average molecular weight is 595 g/mol. The Labute approximate surface area is 242 Å². The first-order valence-electron chi connectivity index (χ1n) is 12.8. The second-order valence-corrected chi connectivity index (χ2v) is 11.9. The largest absolute Gasteiger partial charge is 0.416 e. The molecule has 3 aromatic carbocycles. The van der Waals surface area contributed by atoms with Crippen molar-refractivity contribution in [2.24, 2.45) is 0 Å². The average Bonchev–Trinajstić information content (AvgIpc) is 2.93. The number of aromatic nitrogens is 3. The topological polar surface area (TPSA) is 105 Å². The van der Waals surface area contributed by atoms with Crippen LogP contribution >= 0.6 is 0 Å². The molecule has 0 fully saturated rings. The van der Waals surface area contributed by atoms with Crippen LogP contribution in [-0.4, -0.2) is 27.9 Å². The van der Waals surface area contributed by atoms with Crippen molar-refractivity contribution in [3.8, 4) is 11.3 Å². The highest BCUT2D eigenvalue weighted by atomic mass is 32.2. The lowest BCUT2D eigenvalue weighted by Gasteiger charge is -2.21. The molecular weight excluding hydrogens is 565 g/mol. The summed E-state index contributed by atoms with van der Waals surface area (Å²) in [7, 11) is -4.00. The molecule has 0 saturated carbocycles. The highest BCUT2D eigenvalue weighted by molar-refractivity contribution is 7.85. The second-order valence-electron chi connectivity index (χ2n) is 10.5. The summed E-state index contributed by atoms with van der Waals surface area (Å²) in [6, 6.07) is 22.2. The molecule has 0 atom stereocenters. The summed E-state index contributed by atoms with van der Waals surface area (Å²) in [6.45, 7) is 7.96. The number of hydrogen-bond acceptors (Lipinski definition) is 6. The van der Waals surface area contributed by atoms with E-state index in [2.05, 4.69) is 10.3 Å². The molecule has 0 aliphatic rings. The molecule has 42 heavy (non-hydrogen) atoms. The van der Waals surface area contributed by atoms with E-state index in [4.69, 9.17) is 14.5 Å². The minimum atomic E-state index is -4.37. The maximum atomic E-state index is 12.9. The van der Waals surface area contributed by atoms with Gasteiger partial charge in [-0.3, -0.25) is 9.54 Å². The predicted molar refractivity (Wildman–Crippen MR) is 157 cm³/mol. The Kier molecular flexibility index (Phi) is 8.65. The van der Waals surface area contributed by atoms with E-state index in [0.717, 1.165) is 39.9 Å². The Morgan fingerprint density at radius 3 is 2.07 bits per heavy atom. The quantitative estimate of drug-likeness (QED) is 0.203. The molecule has 5 rings (SSSR count). The molecule has 0 bridgehead atoms. The van der Waals surface area contributed by atoms with Gasteiger partial charge in [0.05, 0.1) is 21.7 Å². The third-order valence-corrected chi connectivity index (χ3v) is 7.08. The Hall–Kier alpha value is -4.35. The summed E-state index contributed by atoms with van der Waals surface area (Å²) >= 11 is 0. The van der Waals surface area contributed by atoms with Gasteiger partial charge in [-0.2, -0.15) is 21.6 Å². The first-order chi connectivity index (χ1) is 19.6. The lowest BCUT2D eigenvalue weighted by molar-refractivity contribution is -0.137. The zero-order valence-corrected chi connectivity index (χ0v) is 24.1. The second kappa shape index (κ2) is 11.9. The minimum Gasteiger partial charge on any atom is -0.340 e. The molecular formula is C31H29F3N4O3S. The van der Waals surface area contributed by atoms with Crippen LogP contribution in [-0.2, 0) is 21.7 Å². The molecule has 0 unspecified atom stereocenters. The molecule has 0 aliphatic heterocycles. The van der Waals surface area contributed by atoms with E-state index >= 15 is 0 Å². The molecule has 2 N–H and O–H groups in total. The number of hydrogen-bond donors (Lipinski definition) is 2. The van der Waals surface area contributed by atoms with Gasteiger partial charge >= 0.3 is 6.18 Å². The van der Waals surface area contributed by atoms with E-state index in [1.807, 2.05) is 58.0 Å². The van der Waals surface area contributed by atoms with E-state index < -0.39 is 21.9 Å². The number of benzene rings is 3. The summed E-state index contributed by atoms with van der Waals surface area (Å²) in [5.74, 6) is 1.19. The molecule has 0 amide bonds. The molecule has 0 radical (unpaired) electrons. The van der Waals surface area contributed by atoms with Gasteiger partial charge in [0.25, 0.3) is 10.1 Å². The van der Waals surface area contributed by atoms with Gasteiger partial charge in [0.2, 0.25) is 0 Å². The van der Waals surface area contributed by atoms with E-state index in [9.17, 15) is 21.6 Å². The molecule has 11 heteroatoms. The first kappa shape index (κ1) is 30.6. The van der Waals surface area contributed by atoms with Crippen molar-refractivity contribution in [3.05, 3.63) is 108 Å². The molecule has 5 aromatic rings. The van der Waals surface area contributed by atoms with Crippen LogP contribution in [0.25, 0.3) is 22.2 Å². The summed E-state index contributed by atoms with van der Waals surface area (Å²) in [5, 5.41) is 4.21. The molecule has 0 aliphatic carbocycles. The molecule has 7 nitrogen and oxygen atoms in total. The van der Waals surface area contributed by atoms with Crippen molar-refractivity contribution >= 4 is 32.5 Å². The van der Waals surface area contributed by atoms with Crippen LogP contribution in [0.15, 0.2) is 96.0 Å². The van der Waals surface area contributed by atoms with Crippen LogP contribution in [0.1, 0.15) is 37.7 Å². The first-order valence-corrected chi connectivity index (χ1v) is 14.3. The Morgan fingerprint density at radius 1 is 0.833 bits per heavy atom. The van der Waals surface area contributed by atoms with Gasteiger partial charge in [-0.1, -0.05) is 57.2 Å². The van der Waals surface area contributed by atoms with Crippen molar-refractivity contribution in [1.82, 2.24) is 15.0 Å². The Morgan fingerprint density at radius 2 is 1.50 bits per heavy atom. The van der Waals surface area contributed by atoms with Crippen LogP contribution in [0.2, 0.25) is 0 Å². The number of pyridine rings is 1. The van der Waals surface area contributed by atoms with Crippen molar-refractivity contribution in [3.63, 3.8) is 0 Å². The highest BCUT2D eigenvalue weighted by Crippen LogP contribution is 2.34. The van der Waals surface area contributed by atoms with Gasteiger partial charge < -0.3 is 5.32 Å². The molecule has 2 aromatic heterocycles. The van der Waals surface area contributed by atoms with Gasteiger partial charge in [0.15, 0.2) is 0 Å². The minimum absolute atomic E-state index is 0.0741. The molecule has 218 valence electrons. The normalized spacial score (nSPS) is 12.0. The van der Waals surface area contributed by atoms with Crippen LogP contribution in [0.4, 0.5) is 24.7 Å². The zero-order valence-electron chi connectivity index (χ0n) is 23.3. The summed E-state index contributed by atoms with van der Waals surface area (Å²) in [5.41, 5.74) is 2.82. The van der Waals surface area contributed by atoms with Crippen LogP contribution < -0.4 is 5.32 Å². The number of nitrogens with one attached hydrogen (secondary N) is 1. The van der Waals surface area contributed by atoms with Crippen LogP contribution in [0.3, 0.4) is 0 Å². The monoisotopic (exact) mass is 594 g/mol. The molecule has 0 saturated heterocycles. The van der Waals surface area contributed by atoms with Crippen LogP contribution in [0, 0.1) is 6.92 Å². The summed E-state index contributed by atoms with van der Waals surface area (Å²) in [4.78, 5) is 13.9. The van der Waals surface area contributed by atoms with E-state index in [-0.39, 0.29) is 10.3 Å². The third kappa shape index (κ3) is 7.48. The predicted octanol–water partition coefficient (Wildman–Crippen LogP) is 7.99. The maximum Gasteiger partial charge on any atom is 0.416 e. The smallest absolute Gasteiger partial charge is 0.340 e. The van der Waals surface area contributed by atoms with Crippen molar-refractivity contribution in [1.29, 1.82) is 0 Å². The van der Waals surface area contributed by atoms with Crippen molar-refractivity contribution in [2.75, 3.05) is 5.32 Å². The van der Waals surface area contributed by atoms with Gasteiger partial charge in [-0.05, 0) is 55.5 Å². The Balaban J connectivity index is 0.000000343. The number of rotatable bonds is 4. The summed E-state index contributed by atoms with van der Waals surface area (Å²) in [6.07, 6.45) is -2.63. The highest BCUT2D eigenvalue weighted by Gasteiger charge is 2.30. The fourth-order valence-electron chi connectivity index (χ4n) is 3.94. The lowest BCUT2D eigenvalue weighted by atomic mass is 9.94. The number of fused-ring (bicyclic) bond motifs is 1. The van der Waals surface area contributed by atoms with Crippen LogP contribution in [0.5, 0.6) is 0 Å². The number of nitrogens with zero attached hydrogens (tertiary/aromatic N) is 3.